The van der Waals surface area contributed by atoms with Crippen LogP contribution in [0.1, 0.15) is 62.0 Å². The molecular weight excluding hydrogens is 534 g/mol. The van der Waals surface area contributed by atoms with Crippen molar-refractivity contribution in [3.8, 4) is 17.1 Å². The van der Waals surface area contributed by atoms with E-state index in [4.69, 9.17) is 4.98 Å². The van der Waals surface area contributed by atoms with E-state index >= 15 is 0 Å². The Bertz CT molecular complexity index is 1700. The quantitative estimate of drug-likeness (QED) is 0.325. The summed E-state index contributed by atoms with van der Waals surface area (Å²) in [6.07, 6.45) is 5.22. The minimum absolute atomic E-state index is 0.0363. The molecule has 0 saturated carbocycles. The lowest BCUT2D eigenvalue weighted by atomic mass is 9.57. The molecule has 1 aromatic carbocycles. The van der Waals surface area contributed by atoms with Gasteiger partial charge in [0.15, 0.2) is 11.6 Å². The molecular formula is C29H32F2N6O2S. The number of fused-ring (bicyclic) bond motifs is 1. The molecule has 0 aliphatic heterocycles. The summed E-state index contributed by atoms with van der Waals surface area (Å²) in [5.41, 5.74) is 1.80. The Balaban J connectivity index is 1.59. The highest BCUT2D eigenvalue weighted by atomic mass is 32.2. The van der Waals surface area contributed by atoms with E-state index in [9.17, 15) is 17.2 Å². The molecule has 0 N–H and O–H groups in total. The van der Waals surface area contributed by atoms with Crippen molar-refractivity contribution < 1.29 is 17.2 Å². The van der Waals surface area contributed by atoms with Gasteiger partial charge in [0.25, 0.3) is 0 Å². The molecule has 210 valence electrons. The molecule has 0 bridgehead atoms. The lowest BCUT2D eigenvalue weighted by Gasteiger charge is -2.47. The van der Waals surface area contributed by atoms with E-state index in [0.29, 0.717) is 23.6 Å². The SMILES string of the molecule is Cc1ccc(F)c(-c2cc3c(nn2)[C@](c2cccc(-n4cnc(CCS(C)(=O)=O)n4)n2)(C(C)(C)C)CCC3)c1F. The molecule has 0 fully saturated rings. The number of aromatic nitrogens is 6. The van der Waals surface area contributed by atoms with Crippen LogP contribution in [0.15, 0.2) is 42.7 Å². The molecule has 0 radical (unpaired) electrons. The number of aryl methyl sites for hydroxylation is 3. The average Bonchev–Trinajstić information content (AvgIpc) is 3.38. The Kier molecular flexibility index (Phi) is 7.06. The van der Waals surface area contributed by atoms with Crippen LogP contribution >= 0.6 is 0 Å². The van der Waals surface area contributed by atoms with Crippen LogP contribution in [0.25, 0.3) is 17.1 Å². The topological polar surface area (TPSA) is 104 Å². The van der Waals surface area contributed by atoms with Gasteiger partial charge in [-0.1, -0.05) is 32.9 Å². The number of hydrogen-bond acceptors (Lipinski definition) is 7. The zero-order chi connectivity index (χ0) is 28.9. The third-order valence-electron chi connectivity index (χ3n) is 7.74. The van der Waals surface area contributed by atoms with E-state index in [1.54, 1.807) is 17.7 Å². The van der Waals surface area contributed by atoms with Crippen molar-refractivity contribution in [2.75, 3.05) is 12.0 Å². The molecule has 1 atom stereocenters. The summed E-state index contributed by atoms with van der Waals surface area (Å²) in [5, 5.41) is 13.4. The second-order valence-electron chi connectivity index (χ2n) is 11.5. The lowest BCUT2D eigenvalue weighted by molar-refractivity contribution is 0.186. The van der Waals surface area contributed by atoms with Crippen LogP contribution in [-0.2, 0) is 28.1 Å². The number of sulfone groups is 1. The van der Waals surface area contributed by atoms with Gasteiger partial charge >= 0.3 is 0 Å². The van der Waals surface area contributed by atoms with Crippen molar-refractivity contribution in [2.45, 2.75) is 58.8 Å². The average molecular weight is 567 g/mol. The first-order valence-corrected chi connectivity index (χ1v) is 15.2. The van der Waals surface area contributed by atoms with Crippen molar-refractivity contribution in [2.24, 2.45) is 5.41 Å². The molecule has 0 amide bonds. The summed E-state index contributed by atoms with van der Waals surface area (Å²) in [6.45, 7) is 7.98. The zero-order valence-corrected chi connectivity index (χ0v) is 24.1. The van der Waals surface area contributed by atoms with Gasteiger partial charge in [0, 0.05) is 12.7 Å². The maximum absolute atomic E-state index is 14.9. The third kappa shape index (κ3) is 5.02. The summed E-state index contributed by atoms with van der Waals surface area (Å²) in [5.74, 6) is -0.385. The molecule has 40 heavy (non-hydrogen) atoms. The fourth-order valence-electron chi connectivity index (χ4n) is 5.61. The van der Waals surface area contributed by atoms with Crippen molar-refractivity contribution in [1.82, 2.24) is 29.9 Å². The number of hydrogen-bond donors (Lipinski definition) is 0. The third-order valence-corrected chi connectivity index (χ3v) is 8.68. The molecule has 1 aliphatic carbocycles. The van der Waals surface area contributed by atoms with Gasteiger partial charge in [-0.15, -0.1) is 10.2 Å². The monoisotopic (exact) mass is 566 g/mol. The van der Waals surface area contributed by atoms with E-state index < -0.39 is 26.9 Å². The van der Waals surface area contributed by atoms with Gasteiger partial charge in [-0.25, -0.2) is 31.8 Å². The van der Waals surface area contributed by atoms with Gasteiger partial charge in [-0.3, -0.25) is 0 Å². The largest absolute Gasteiger partial charge is 0.233 e. The van der Waals surface area contributed by atoms with E-state index in [1.165, 1.54) is 24.7 Å². The Hall–Kier alpha value is -3.60. The van der Waals surface area contributed by atoms with Crippen LogP contribution in [0.2, 0.25) is 0 Å². The predicted molar refractivity (Wildman–Crippen MR) is 148 cm³/mol. The fraction of sp³-hybridized carbons (Fsp3) is 0.414. The van der Waals surface area contributed by atoms with E-state index in [2.05, 4.69) is 41.1 Å². The highest BCUT2D eigenvalue weighted by molar-refractivity contribution is 7.90. The fourth-order valence-corrected chi connectivity index (χ4v) is 6.16. The van der Waals surface area contributed by atoms with Crippen molar-refractivity contribution in [3.63, 3.8) is 0 Å². The van der Waals surface area contributed by atoms with Crippen molar-refractivity contribution in [3.05, 3.63) is 82.7 Å². The molecule has 0 saturated heterocycles. The molecule has 8 nitrogen and oxygen atoms in total. The van der Waals surface area contributed by atoms with Crippen molar-refractivity contribution in [1.29, 1.82) is 0 Å². The summed E-state index contributed by atoms with van der Waals surface area (Å²) in [6, 6.07) is 10.1. The maximum atomic E-state index is 14.9. The lowest BCUT2D eigenvalue weighted by Crippen LogP contribution is -2.45. The number of halogens is 2. The van der Waals surface area contributed by atoms with Gasteiger partial charge < -0.3 is 0 Å². The second kappa shape index (κ2) is 10.1. The minimum atomic E-state index is -3.14. The second-order valence-corrected chi connectivity index (χ2v) is 13.8. The predicted octanol–water partition coefficient (Wildman–Crippen LogP) is 4.96. The Morgan fingerprint density at radius 1 is 1.10 bits per heavy atom. The van der Waals surface area contributed by atoms with Crippen LogP contribution in [0.4, 0.5) is 8.78 Å². The Morgan fingerprint density at radius 3 is 2.60 bits per heavy atom. The van der Waals surface area contributed by atoms with E-state index in [1.807, 2.05) is 18.2 Å². The van der Waals surface area contributed by atoms with Gasteiger partial charge in [0.2, 0.25) is 0 Å². The summed E-state index contributed by atoms with van der Waals surface area (Å²) in [4.78, 5) is 9.26. The Labute approximate surface area is 232 Å². The highest BCUT2D eigenvalue weighted by Crippen LogP contribution is 2.52. The van der Waals surface area contributed by atoms with Crippen molar-refractivity contribution >= 4 is 9.84 Å². The number of rotatable bonds is 6. The van der Waals surface area contributed by atoms with Gasteiger partial charge in [0.05, 0.1) is 33.8 Å². The van der Waals surface area contributed by atoms with Crippen LogP contribution in [-0.4, -0.2) is 50.4 Å². The van der Waals surface area contributed by atoms with Gasteiger partial charge in [-0.05, 0) is 67.0 Å². The molecule has 3 heterocycles. The first-order valence-electron chi connectivity index (χ1n) is 13.2. The minimum Gasteiger partial charge on any atom is -0.233 e. The Morgan fingerprint density at radius 2 is 1.88 bits per heavy atom. The highest BCUT2D eigenvalue weighted by Gasteiger charge is 2.50. The molecule has 0 unspecified atom stereocenters. The number of benzene rings is 1. The van der Waals surface area contributed by atoms with Crippen LogP contribution in [0, 0.1) is 24.0 Å². The standard InChI is InChI=1S/C29H32F2N6O2S/c1-18-11-12-20(30)25(26(18)31)21-16-19-8-7-14-29(28(2,3)4,27(19)35-34-21)22-9-6-10-24(33-22)37-17-32-23(36-37)13-15-40(5,38)39/h6,9-12,16-17H,7-8,13-15H2,1-5H3/t29-/m0/s1. The van der Waals surface area contributed by atoms with Crippen LogP contribution in [0.5, 0.6) is 0 Å². The summed E-state index contributed by atoms with van der Waals surface area (Å²) >= 11 is 0. The first-order chi connectivity index (χ1) is 18.8. The van der Waals surface area contributed by atoms with Crippen LogP contribution < -0.4 is 0 Å². The summed E-state index contributed by atoms with van der Waals surface area (Å²) in [7, 11) is -3.14. The van der Waals surface area contributed by atoms with E-state index in [-0.39, 0.29) is 28.8 Å². The molecule has 3 aromatic heterocycles. The molecule has 4 aromatic rings. The smallest absolute Gasteiger partial charge is 0.155 e. The van der Waals surface area contributed by atoms with Crippen LogP contribution in [0.3, 0.4) is 0 Å². The normalized spacial score (nSPS) is 17.6. The van der Waals surface area contributed by atoms with Gasteiger partial charge in [0.1, 0.15) is 27.8 Å². The summed E-state index contributed by atoms with van der Waals surface area (Å²) < 4.78 is 54.3. The molecule has 0 spiro atoms. The molecule has 1 aliphatic rings. The first kappa shape index (κ1) is 27.9. The zero-order valence-electron chi connectivity index (χ0n) is 23.2. The van der Waals surface area contributed by atoms with E-state index in [0.717, 1.165) is 29.8 Å². The van der Waals surface area contributed by atoms with Gasteiger partial charge in [-0.2, -0.15) is 5.10 Å². The number of pyridine rings is 1. The number of nitrogens with zero attached hydrogens (tertiary/aromatic N) is 6. The maximum Gasteiger partial charge on any atom is 0.155 e. The molecule has 11 heteroatoms. The molecule has 5 rings (SSSR count).